The molecule has 4 heteroatoms. The Morgan fingerprint density at radius 1 is 1.00 bits per heavy atom. The van der Waals surface area contributed by atoms with Crippen LogP contribution >= 0.6 is 0 Å². The summed E-state index contributed by atoms with van der Waals surface area (Å²) in [6.07, 6.45) is 3.50. The summed E-state index contributed by atoms with van der Waals surface area (Å²) in [4.78, 5) is 11.8. The maximum Gasteiger partial charge on any atom is 0.311 e. The Bertz CT molecular complexity index is 807. The fourth-order valence-corrected chi connectivity index (χ4v) is 2.63. The lowest BCUT2D eigenvalue weighted by Crippen LogP contribution is -2.07. The zero-order valence-corrected chi connectivity index (χ0v) is 14.4. The zero-order valence-electron chi connectivity index (χ0n) is 14.4. The average molecular weight is 334 g/mol. The number of hydrogen-bond donors (Lipinski definition) is 1. The highest BCUT2D eigenvalue weighted by atomic mass is 16.5. The summed E-state index contributed by atoms with van der Waals surface area (Å²) in [5.41, 5.74) is 3.91. The van der Waals surface area contributed by atoms with E-state index < -0.39 is 0 Å². The molecule has 1 N–H and O–H groups in total. The van der Waals surface area contributed by atoms with Crippen molar-refractivity contribution in [1.29, 1.82) is 0 Å². The molecule has 0 fully saturated rings. The van der Waals surface area contributed by atoms with Crippen molar-refractivity contribution in [3.05, 3.63) is 60.7 Å². The summed E-state index contributed by atoms with van der Waals surface area (Å²) in [5, 5.41) is 7.42. The van der Waals surface area contributed by atoms with Crippen LogP contribution in [0.3, 0.4) is 0 Å². The molecule has 1 heterocycles. The normalized spacial score (nSPS) is 10.6. The van der Waals surface area contributed by atoms with E-state index in [1.165, 1.54) is 0 Å². The highest BCUT2D eigenvalue weighted by molar-refractivity contribution is 5.73. The highest BCUT2D eigenvalue weighted by Gasteiger charge is 2.07. The van der Waals surface area contributed by atoms with Gasteiger partial charge in [0.1, 0.15) is 5.75 Å². The predicted molar refractivity (Wildman–Crippen MR) is 99.2 cm³/mol. The first-order valence-corrected chi connectivity index (χ1v) is 8.68. The molecule has 0 unspecified atom stereocenters. The molecule has 3 aromatic rings. The first-order chi connectivity index (χ1) is 12.3. The summed E-state index contributed by atoms with van der Waals surface area (Å²) in [7, 11) is 0. The minimum absolute atomic E-state index is 0.172. The van der Waals surface area contributed by atoms with Crippen LogP contribution in [-0.4, -0.2) is 16.2 Å². The van der Waals surface area contributed by atoms with Crippen LogP contribution in [0.4, 0.5) is 0 Å². The van der Waals surface area contributed by atoms with Crippen molar-refractivity contribution in [2.45, 2.75) is 32.6 Å². The average Bonchev–Trinajstić information content (AvgIpc) is 3.13. The van der Waals surface area contributed by atoms with Crippen LogP contribution in [0.2, 0.25) is 0 Å². The van der Waals surface area contributed by atoms with E-state index >= 15 is 0 Å². The monoisotopic (exact) mass is 334 g/mol. The number of carbonyl (C=O) groups is 1. The molecule has 0 atom stereocenters. The van der Waals surface area contributed by atoms with Gasteiger partial charge in [-0.05, 0) is 42.3 Å². The van der Waals surface area contributed by atoms with Crippen molar-refractivity contribution in [2.75, 3.05) is 0 Å². The molecular formula is C21H22N2O2. The molecule has 0 amide bonds. The second kappa shape index (κ2) is 8.29. The summed E-state index contributed by atoms with van der Waals surface area (Å²) in [6.45, 7) is 2.11. The number of nitrogens with one attached hydrogen (secondary N) is 1. The third-order valence-electron chi connectivity index (χ3n) is 4.03. The number of carbonyl (C=O) groups excluding carboxylic acids is 1. The predicted octanol–water partition coefficient (Wildman–Crippen LogP) is 5.23. The molecule has 128 valence electrons. The van der Waals surface area contributed by atoms with Gasteiger partial charge >= 0.3 is 5.97 Å². The van der Waals surface area contributed by atoms with Crippen molar-refractivity contribution in [1.82, 2.24) is 10.2 Å². The quantitative estimate of drug-likeness (QED) is 0.366. The third-order valence-corrected chi connectivity index (χ3v) is 4.03. The first kappa shape index (κ1) is 17.0. The summed E-state index contributed by atoms with van der Waals surface area (Å²) >= 11 is 0. The lowest BCUT2D eigenvalue weighted by atomic mass is 10.1. The number of unbranched alkanes of at least 4 members (excludes halogenated alkanes) is 2. The van der Waals surface area contributed by atoms with Gasteiger partial charge < -0.3 is 4.74 Å². The Balaban J connectivity index is 1.65. The topological polar surface area (TPSA) is 55.0 Å². The van der Waals surface area contributed by atoms with Crippen LogP contribution in [0.5, 0.6) is 5.75 Å². The molecule has 0 spiro atoms. The number of aromatic amines is 1. The summed E-state index contributed by atoms with van der Waals surface area (Å²) in [6, 6.07) is 19.5. The molecule has 0 bridgehead atoms. The van der Waals surface area contributed by atoms with Gasteiger partial charge in [-0.2, -0.15) is 5.10 Å². The van der Waals surface area contributed by atoms with E-state index in [4.69, 9.17) is 4.74 Å². The Labute approximate surface area is 147 Å². The molecule has 3 rings (SSSR count). The van der Waals surface area contributed by atoms with Gasteiger partial charge in [0.25, 0.3) is 0 Å². The van der Waals surface area contributed by atoms with E-state index in [1.54, 1.807) is 0 Å². The smallest absolute Gasteiger partial charge is 0.311 e. The molecule has 4 nitrogen and oxygen atoms in total. The Kier molecular flexibility index (Phi) is 5.62. The molecular weight excluding hydrogens is 312 g/mol. The lowest BCUT2D eigenvalue weighted by molar-refractivity contribution is -0.134. The first-order valence-electron chi connectivity index (χ1n) is 8.68. The number of nitrogens with zero attached hydrogens (tertiary/aromatic N) is 1. The molecule has 0 aliphatic heterocycles. The van der Waals surface area contributed by atoms with Gasteiger partial charge in [0, 0.05) is 12.0 Å². The number of aromatic nitrogens is 2. The second-order valence-electron chi connectivity index (χ2n) is 5.99. The highest BCUT2D eigenvalue weighted by Crippen LogP contribution is 2.25. The van der Waals surface area contributed by atoms with Crippen LogP contribution in [0.25, 0.3) is 22.5 Å². The standard InChI is InChI=1S/C21H22N2O2/c1-2-3-5-10-21(24)25-18-13-11-17(12-14-18)20-15-19(22-23-20)16-8-6-4-7-9-16/h4,6-9,11-15H,2-3,5,10H2,1H3,(H,22,23). The fourth-order valence-electron chi connectivity index (χ4n) is 2.63. The van der Waals surface area contributed by atoms with Crippen LogP contribution in [0.1, 0.15) is 32.6 Å². The number of esters is 1. The molecule has 25 heavy (non-hydrogen) atoms. The molecule has 0 radical (unpaired) electrons. The lowest BCUT2D eigenvalue weighted by Gasteiger charge is -2.05. The van der Waals surface area contributed by atoms with Crippen molar-refractivity contribution in [2.24, 2.45) is 0 Å². The van der Waals surface area contributed by atoms with Crippen molar-refractivity contribution in [3.8, 4) is 28.3 Å². The number of benzene rings is 2. The molecule has 0 aliphatic rings. The second-order valence-corrected chi connectivity index (χ2v) is 5.99. The zero-order chi connectivity index (χ0) is 17.5. The minimum atomic E-state index is -0.172. The van der Waals surface area contributed by atoms with Crippen molar-refractivity contribution >= 4 is 5.97 Å². The third kappa shape index (κ3) is 4.57. The van der Waals surface area contributed by atoms with Crippen LogP contribution in [-0.2, 0) is 4.79 Å². The van der Waals surface area contributed by atoms with Crippen molar-refractivity contribution in [3.63, 3.8) is 0 Å². The maximum atomic E-state index is 11.8. The molecule has 0 saturated carbocycles. The Morgan fingerprint density at radius 3 is 2.48 bits per heavy atom. The number of rotatable bonds is 7. The van der Waals surface area contributed by atoms with Gasteiger partial charge in [0.05, 0.1) is 11.4 Å². The van der Waals surface area contributed by atoms with Gasteiger partial charge in [0.15, 0.2) is 0 Å². The van der Waals surface area contributed by atoms with E-state index in [-0.39, 0.29) is 5.97 Å². The van der Waals surface area contributed by atoms with Crippen LogP contribution in [0.15, 0.2) is 60.7 Å². The fraction of sp³-hybridized carbons (Fsp3) is 0.238. The Hall–Kier alpha value is -2.88. The Morgan fingerprint density at radius 2 is 1.76 bits per heavy atom. The summed E-state index contributed by atoms with van der Waals surface area (Å²) < 4.78 is 5.36. The minimum Gasteiger partial charge on any atom is -0.427 e. The van der Waals surface area contributed by atoms with Crippen molar-refractivity contribution < 1.29 is 9.53 Å². The SMILES string of the molecule is CCCCCC(=O)Oc1ccc(-c2cc(-c3ccccc3)n[nH]2)cc1. The van der Waals surface area contributed by atoms with Gasteiger partial charge in [0.2, 0.25) is 0 Å². The van der Waals surface area contributed by atoms with E-state index in [9.17, 15) is 4.79 Å². The molecule has 1 aromatic heterocycles. The largest absolute Gasteiger partial charge is 0.427 e. The van der Waals surface area contributed by atoms with Gasteiger partial charge in [-0.25, -0.2) is 0 Å². The molecule has 0 aliphatic carbocycles. The number of H-pyrrole nitrogens is 1. The van der Waals surface area contributed by atoms with Gasteiger partial charge in [-0.1, -0.05) is 50.1 Å². The maximum absolute atomic E-state index is 11.8. The van der Waals surface area contributed by atoms with E-state index in [1.807, 2.05) is 60.7 Å². The van der Waals surface area contributed by atoms with E-state index in [0.29, 0.717) is 12.2 Å². The number of ether oxygens (including phenoxy) is 1. The van der Waals surface area contributed by atoms with E-state index in [2.05, 4.69) is 17.1 Å². The summed E-state index contributed by atoms with van der Waals surface area (Å²) in [5.74, 6) is 0.405. The number of hydrogen-bond acceptors (Lipinski definition) is 3. The van der Waals surface area contributed by atoms with Gasteiger partial charge in [-0.3, -0.25) is 9.89 Å². The molecule has 2 aromatic carbocycles. The molecule has 0 saturated heterocycles. The van der Waals surface area contributed by atoms with E-state index in [0.717, 1.165) is 41.8 Å². The van der Waals surface area contributed by atoms with Gasteiger partial charge in [-0.15, -0.1) is 0 Å². The van der Waals surface area contributed by atoms with Crippen LogP contribution in [0, 0.1) is 0 Å². The van der Waals surface area contributed by atoms with Crippen LogP contribution < -0.4 is 4.74 Å².